The van der Waals surface area contributed by atoms with Gasteiger partial charge in [-0.1, -0.05) is 18.2 Å². The molecule has 0 radical (unpaired) electrons. The van der Waals surface area contributed by atoms with Gasteiger partial charge in [0.1, 0.15) is 0 Å². The van der Waals surface area contributed by atoms with Crippen LogP contribution in [0, 0.1) is 0 Å². The van der Waals surface area contributed by atoms with Gasteiger partial charge >= 0.3 is 0 Å². The highest BCUT2D eigenvalue weighted by molar-refractivity contribution is 5.77. The molecule has 1 aliphatic heterocycles. The molecule has 1 saturated heterocycles. The number of amides is 2. The Labute approximate surface area is 144 Å². The molecule has 1 aromatic carbocycles. The zero-order valence-electron chi connectivity index (χ0n) is 14.2. The summed E-state index contributed by atoms with van der Waals surface area (Å²) in [5.41, 5.74) is 6.58. The second-order valence-corrected chi connectivity index (χ2v) is 6.05. The van der Waals surface area contributed by atoms with E-state index in [1.165, 1.54) is 5.69 Å². The maximum atomic E-state index is 12.2. The number of hydrogen-bond acceptors (Lipinski definition) is 4. The van der Waals surface area contributed by atoms with E-state index in [1.54, 1.807) is 0 Å². The summed E-state index contributed by atoms with van der Waals surface area (Å²) >= 11 is 0. The monoisotopic (exact) mass is 332 g/mol. The van der Waals surface area contributed by atoms with Gasteiger partial charge in [0.15, 0.2) is 0 Å². The Morgan fingerprint density at radius 2 is 1.71 bits per heavy atom. The molecule has 6 nitrogen and oxygen atoms in total. The van der Waals surface area contributed by atoms with Gasteiger partial charge in [0.25, 0.3) is 0 Å². The molecule has 0 unspecified atom stereocenters. The van der Waals surface area contributed by atoms with E-state index >= 15 is 0 Å². The number of hydrogen-bond donors (Lipinski definition) is 2. The van der Waals surface area contributed by atoms with E-state index in [1.807, 2.05) is 23.1 Å². The zero-order valence-corrected chi connectivity index (χ0v) is 14.2. The highest BCUT2D eigenvalue weighted by Gasteiger charge is 2.20. The molecule has 0 atom stereocenters. The molecule has 2 amide bonds. The SMILES string of the molecule is NCCCC(=O)NCCCC(=O)N1CCN(c2ccccc2)CC1. The largest absolute Gasteiger partial charge is 0.368 e. The predicted molar refractivity (Wildman–Crippen MR) is 95.8 cm³/mol. The summed E-state index contributed by atoms with van der Waals surface area (Å²) in [4.78, 5) is 27.9. The molecule has 1 aliphatic rings. The van der Waals surface area contributed by atoms with Crippen LogP contribution in [0.4, 0.5) is 5.69 Å². The van der Waals surface area contributed by atoms with Gasteiger partial charge in [-0.3, -0.25) is 9.59 Å². The van der Waals surface area contributed by atoms with Gasteiger partial charge in [0.2, 0.25) is 11.8 Å². The van der Waals surface area contributed by atoms with Crippen molar-refractivity contribution in [2.75, 3.05) is 44.2 Å². The van der Waals surface area contributed by atoms with Crippen molar-refractivity contribution in [2.24, 2.45) is 5.73 Å². The maximum Gasteiger partial charge on any atom is 0.222 e. The number of nitrogens with two attached hydrogens (primary N) is 1. The van der Waals surface area contributed by atoms with Crippen LogP contribution < -0.4 is 16.0 Å². The molecule has 2 rings (SSSR count). The molecule has 1 aromatic rings. The molecule has 0 bridgehead atoms. The predicted octanol–water partition coefficient (Wildman–Crippen LogP) is 0.971. The van der Waals surface area contributed by atoms with Crippen molar-refractivity contribution in [3.05, 3.63) is 30.3 Å². The molecule has 0 saturated carbocycles. The van der Waals surface area contributed by atoms with Crippen molar-refractivity contribution in [3.63, 3.8) is 0 Å². The number of carbonyl (C=O) groups excluding carboxylic acids is 2. The topological polar surface area (TPSA) is 78.7 Å². The summed E-state index contributed by atoms with van der Waals surface area (Å²) in [6.07, 6.45) is 2.34. The molecule has 0 aromatic heterocycles. The average molecular weight is 332 g/mol. The number of carbonyl (C=O) groups is 2. The number of nitrogens with one attached hydrogen (secondary N) is 1. The van der Waals surface area contributed by atoms with Gasteiger partial charge in [0, 0.05) is 51.3 Å². The van der Waals surface area contributed by atoms with Crippen LogP contribution in [0.15, 0.2) is 30.3 Å². The lowest BCUT2D eigenvalue weighted by Crippen LogP contribution is -2.48. The number of para-hydroxylation sites is 1. The summed E-state index contributed by atoms with van der Waals surface area (Å²) in [6.45, 7) is 4.34. The maximum absolute atomic E-state index is 12.2. The molecule has 6 heteroatoms. The summed E-state index contributed by atoms with van der Waals surface area (Å²) in [7, 11) is 0. The van der Waals surface area contributed by atoms with Crippen molar-refractivity contribution >= 4 is 17.5 Å². The Morgan fingerprint density at radius 1 is 1.00 bits per heavy atom. The molecule has 0 spiro atoms. The third-order valence-electron chi connectivity index (χ3n) is 4.25. The van der Waals surface area contributed by atoms with Gasteiger partial charge in [0.05, 0.1) is 0 Å². The van der Waals surface area contributed by atoms with E-state index in [0.29, 0.717) is 38.8 Å². The Morgan fingerprint density at radius 3 is 2.38 bits per heavy atom. The van der Waals surface area contributed by atoms with Crippen LogP contribution in [0.1, 0.15) is 25.7 Å². The third kappa shape index (κ3) is 5.85. The average Bonchev–Trinajstić information content (AvgIpc) is 2.64. The van der Waals surface area contributed by atoms with Crippen molar-refractivity contribution in [1.82, 2.24) is 10.2 Å². The van der Waals surface area contributed by atoms with E-state index in [0.717, 1.165) is 26.2 Å². The van der Waals surface area contributed by atoms with Crippen LogP contribution in [0.25, 0.3) is 0 Å². The number of rotatable bonds is 8. The van der Waals surface area contributed by atoms with Crippen molar-refractivity contribution in [1.29, 1.82) is 0 Å². The van der Waals surface area contributed by atoms with E-state index < -0.39 is 0 Å². The van der Waals surface area contributed by atoms with E-state index in [-0.39, 0.29) is 11.8 Å². The molecular weight excluding hydrogens is 304 g/mol. The summed E-state index contributed by atoms with van der Waals surface area (Å²) < 4.78 is 0. The Kier molecular flexibility index (Phi) is 7.55. The van der Waals surface area contributed by atoms with E-state index in [9.17, 15) is 9.59 Å². The number of anilines is 1. The molecule has 3 N–H and O–H groups in total. The fourth-order valence-corrected chi connectivity index (χ4v) is 2.83. The quantitative estimate of drug-likeness (QED) is 0.695. The van der Waals surface area contributed by atoms with Gasteiger partial charge in [-0.25, -0.2) is 0 Å². The fraction of sp³-hybridized carbons (Fsp3) is 0.556. The van der Waals surface area contributed by atoms with Crippen LogP contribution in [0.5, 0.6) is 0 Å². The van der Waals surface area contributed by atoms with Crippen LogP contribution in [0.2, 0.25) is 0 Å². The fourth-order valence-electron chi connectivity index (χ4n) is 2.83. The van der Waals surface area contributed by atoms with Crippen molar-refractivity contribution in [2.45, 2.75) is 25.7 Å². The minimum atomic E-state index is 0.0179. The lowest BCUT2D eigenvalue weighted by atomic mass is 10.2. The van der Waals surface area contributed by atoms with Crippen LogP contribution in [-0.2, 0) is 9.59 Å². The minimum absolute atomic E-state index is 0.0179. The normalized spacial score (nSPS) is 14.5. The standard InChI is InChI=1S/C18H28N4O2/c19-10-4-8-17(23)20-11-5-9-18(24)22-14-12-21(13-15-22)16-6-2-1-3-7-16/h1-3,6-7H,4-5,8-15,19H2,(H,20,23). The van der Waals surface area contributed by atoms with Gasteiger partial charge in [-0.2, -0.15) is 0 Å². The molecular formula is C18H28N4O2. The van der Waals surface area contributed by atoms with Crippen LogP contribution in [-0.4, -0.2) is 56.0 Å². The van der Waals surface area contributed by atoms with E-state index in [2.05, 4.69) is 22.3 Å². The summed E-state index contributed by atoms with van der Waals surface area (Å²) in [5.74, 6) is 0.197. The van der Waals surface area contributed by atoms with Gasteiger partial charge in [-0.15, -0.1) is 0 Å². The first-order valence-corrected chi connectivity index (χ1v) is 8.75. The van der Waals surface area contributed by atoms with Gasteiger partial charge in [-0.05, 0) is 31.5 Å². The van der Waals surface area contributed by atoms with Crippen molar-refractivity contribution < 1.29 is 9.59 Å². The minimum Gasteiger partial charge on any atom is -0.368 e. The second-order valence-electron chi connectivity index (χ2n) is 6.05. The van der Waals surface area contributed by atoms with Crippen LogP contribution in [0.3, 0.4) is 0 Å². The Hall–Kier alpha value is -2.08. The molecule has 24 heavy (non-hydrogen) atoms. The molecule has 0 aliphatic carbocycles. The highest BCUT2D eigenvalue weighted by Crippen LogP contribution is 2.15. The number of nitrogens with zero attached hydrogens (tertiary/aromatic N) is 2. The van der Waals surface area contributed by atoms with Crippen LogP contribution >= 0.6 is 0 Å². The molecule has 132 valence electrons. The Balaban J connectivity index is 1.62. The first-order valence-electron chi connectivity index (χ1n) is 8.75. The number of benzene rings is 1. The third-order valence-corrected chi connectivity index (χ3v) is 4.25. The van der Waals surface area contributed by atoms with Crippen molar-refractivity contribution in [3.8, 4) is 0 Å². The first-order chi connectivity index (χ1) is 11.7. The molecule has 1 fully saturated rings. The highest BCUT2D eigenvalue weighted by atomic mass is 16.2. The van der Waals surface area contributed by atoms with Gasteiger partial charge < -0.3 is 20.9 Å². The first kappa shape index (κ1) is 18.3. The lowest BCUT2D eigenvalue weighted by Gasteiger charge is -2.36. The second kappa shape index (κ2) is 9.93. The summed E-state index contributed by atoms with van der Waals surface area (Å²) in [6, 6.07) is 10.3. The number of piperazine rings is 1. The smallest absolute Gasteiger partial charge is 0.222 e. The zero-order chi connectivity index (χ0) is 17.2. The Bertz CT molecular complexity index is 513. The van der Waals surface area contributed by atoms with E-state index in [4.69, 9.17) is 5.73 Å². The molecule has 1 heterocycles. The lowest BCUT2D eigenvalue weighted by molar-refractivity contribution is -0.131. The summed E-state index contributed by atoms with van der Waals surface area (Å²) in [5, 5.41) is 2.83.